The zero-order chi connectivity index (χ0) is 19.2. The van der Waals surface area contributed by atoms with Gasteiger partial charge in [-0.05, 0) is 33.0 Å². The fourth-order valence-electron chi connectivity index (χ4n) is 3.16. The van der Waals surface area contributed by atoms with Crippen molar-refractivity contribution in [3.63, 3.8) is 0 Å². The van der Waals surface area contributed by atoms with Crippen LogP contribution in [-0.4, -0.2) is 47.3 Å². The third-order valence-electron chi connectivity index (χ3n) is 4.24. The summed E-state index contributed by atoms with van der Waals surface area (Å²) in [6, 6.07) is 0. The van der Waals surface area contributed by atoms with Crippen LogP contribution in [0.3, 0.4) is 0 Å². The van der Waals surface area contributed by atoms with Crippen LogP contribution in [0.1, 0.15) is 33.0 Å². The third-order valence-corrected chi connectivity index (χ3v) is 5.39. The molecular formula is C15H20N10S2. The quantitative estimate of drug-likeness (QED) is 0.576. The number of nitrogen functional groups attached to an aromatic ring is 1. The van der Waals surface area contributed by atoms with Crippen LogP contribution < -0.4 is 16.1 Å². The lowest BCUT2D eigenvalue weighted by atomic mass is 9.99. The Morgan fingerprint density at radius 1 is 1.22 bits per heavy atom. The number of thioether (sulfide) groups is 1. The molecule has 0 bridgehead atoms. The highest BCUT2D eigenvalue weighted by atomic mass is 32.2. The van der Waals surface area contributed by atoms with Crippen molar-refractivity contribution in [3.05, 3.63) is 10.6 Å². The zero-order valence-electron chi connectivity index (χ0n) is 15.3. The van der Waals surface area contributed by atoms with E-state index in [-0.39, 0.29) is 11.5 Å². The molecule has 0 amide bonds. The predicted octanol–water partition coefficient (Wildman–Crippen LogP) is 1.86. The Balaban J connectivity index is 1.56. The standard InChI is InChI=1S/C15H20N10S2/c1-8-6-15(2,3)25(23-8)12-19-9(18-10(16)20-12)7-27-13-21-11-17-4-5-24(11)14(26)22-13/h4-7H2,1-3H3,(H2,16,18,19,20)(H,17,21,22,26). The summed E-state index contributed by atoms with van der Waals surface area (Å²) in [4.78, 5) is 21.9. The van der Waals surface area contributed by atoms with E-state index in [1.54, 1.807) is 0 Å². The van der Waals surface area contributed by atoms with Crippen molar-refractivity contribution in [3.8, 4) is 0 Å². The Kier molecular flexibility index (Phi) is 4.46. The second-order valence-electron chi connectivity index (χ2n) is 7.03. The first kappa shape index (κ1) is 18.0. The molecule has 0 saturated heterocycles. The number of hydrazone groups is 1. The number of fused-ring (bicyclic) bond motifs is 1. The normalized spacial score (nSPS) is 17.6. The van der Waals surface area contributed by atoms with Crippen LogP contribution in [0.5, 0.6) is 0 Å². The van der Waals surface area contributed by atoms with Crippen molar-refractivity contribution in [1.82, 2.24) is 29.5 Å². The highest BCUT2D eigenvalue weighted by Crippen LogP contribution is 2.31. The van der Waals surface area contributed by atoms with Gasteiger partial charge in [-0.15, -0.1) is 0 Å². The molecule has 4 heterocycles. The molecule has 12 heteroatoms. The fraction of sp³-hybridized carbons (Fsp3) is 0.533. The van der Waals surface area contributed by atoms with Crippen molar-refractivity contribution < 1.29 is 0 Å². The van der Waals surface area contributed by atoms with Crippen LogP contribution in [-0.2, 0) is 12.3 Å². The summed E-state index contributed by atoms with van der Waals surface area (Å²) in [5.41, 5.74) is 6.74. The van der Waals surface area contributed by atoms with E-state index in [4.69, 9.17) is 18.0 Å². The van der Waals surface area contributed by atoms with Gasteiger partial charge in [-0.3, -0.25) is 4.57 Å². The SMILES string of the molecule is CC1=NN(c2nc(N)nc(CSc3nc4n(c(=S)n3)CCN4)n2)C(C)(C)C1. The van der Waals surface area contributed by atoms with Gasteiger partial charge in [-0.1, -0.05) is 11.8 Å². The molecule has 0 radical (unpaired) electrons. The monoisotopic (exact) mass is 404 g/mol. The molecule has 0 spiro atoms. The zero-order valence-corrected chi connectivity index (χ0v) is 16.9. The second-order valence-corrected chi connectivity index (χ2v) is 8.33. The average molecular weight is 405 g/mol. The molecular weight excluding hydrogens is 384 g/mol. The van der Waals surface area contributed by atoms with Crippen LogP contribution in [0, 0.1) is 4.77 Å². The van der Waals surface area contributed by atoms with E-state index < -0.39 is 0 Å². The number of nitrogens with two attached hydrogens (primary N) is 1. The van der Waals surface area contributed by atoms with Gasteiger partial charge in [0.05, 0.1) is 11.3 Å². The molecule has 0 aliphatic carbocycles. The minimum atomic E-state index is -0.203. The maximum Gasteiger partial charge on any atom is 0.251 e. The van der Waals surface area contributed by atoms with Crippen molar-refractivity contribution in [2.45, 2.75) is 50.2 Å². The molecule has 2 aromatic heterocycles. The van der Waals surface area contributed by atoms with Gasteiger partial charge in [0.2, 0.25) is 16.7 Å². The molecule has 0 unspecified atom stereocenters. The van der Waals surface area contributed by atoms with Gasteiger partial charge in [0.25, 0.3) is 5.95 Å². The molecule has 0 atom stereocenters. The molecule has 4 rings (SSSR count). The summed E-state index contributed by atoms with van der Waals surface area (Å²) in [7, 11) is 0. The topological polar surface area (TPSA) is 123 Å². The summed E-state index contributed by atoms with van der Waals surface area (Å²) in [6.07, 6.45) is 0.845. The Morgan fingerprint density at radius 2 is 2.04 bits per heavy atom. The van der Waals surface area contributed by atoms with Crippen LogP contribution in [0.25, 0.3) is 0 Å². The summed E-state index contributed by atoms with van der Waals surface area (Å²) >= 11 is 6.73. The van der Waals surface area contributed by atoms with Crippen LogP contribution >= 0.6 is 24.0 Å². The number of aromatic nitrogens is 6. The Morgan fingerprint density at radius 3 is 2.78 bits per heavy atom. The van der Waals surface area contributed by atoms with Gasteiger partial charge < -0.3 is 11.1 Å². The van der Waals surface area contributed by atoms with Gasteiger partial charge in [0, 0.05) is 25.2 Å². The fourth-order valence-corrected chi connectivity index (χ4v) is 4.17. The summed E-state index contributed by atoms with van der Waals surface area (Å²) in [5.74, 6) is 2.37. The summed E-state index contributed by atoms with van der Waals surface area (Å²) in [6.45, 7) is 7.78. The number of hydrogen-bond donors (Lipinski definition) is 2. The van der Waals surface area contributed by atoms with E-state index in [2.05, 4.69) is 49.2 Å². The Bertz CT molecular complexity index is 983. The van der Waals surface area contributed by atoms with E-state index in [0.717, 1.165) is 31.2 Å². The van der Waals surface area contributed by atoms with E-state index in [1.165, 1.54) is 11.8 Å². The van der Waals surface area contributed by atoms with Gasteiger partial charge >= 0.3 is 0 Å². The summed E-state index contributed by atoms with van der Waals surface area (Å²) < 4.78 is 2.40. The number of hydrogen-bond acceptors (Lipinski definition) is 11. The molecule has 27 heavy (non-hydrogen) atoms. The van der Waals surface area contributed by atoms with Gasteiger partial charge in [0.1, 0.15) is 5.82 Å². The molecule has 0 aromatic carbocycles. The first-order valence-corrected chi connectivity index (χ1v) is 9.91. The van der Waals surface area contributed by atoms with E-state index in [1.807, 2.05) is 16.5 Å². The van der Waals surface area contributed by atoms with E-state index in [9.17, 15) is 0 Å². The minimum absolute atomic E-state index is 0.169. The first-order valence-electron chi connectivity index (χ1n) is 8.52. The van der Waals surface area contributed by atoms with Crippen molar-refractivity contribution in [2.24, 2.45) is 5.10 Å². The highest BCUT2D eigenvalue weighted by Gasteiger charge is 2.35. The minimum Gasteiger partial charge on any atom is -0.368 e. The number of anilines is 3. The molecule has 142 valence electrons. The van der Waals surface area contributed by atoms with Gasteiger partial charge in [-0.25, -0.2) is 5.01 Å². The maximum absolute atomic E-state index is 5.91. The smallest absolute Gasteiger partial charge is 0.251 e. The number of nitrogens with zero attached hydrogens (tertiary/aromatic N) is 8. The predicted molar refractivity (Wildman–Crippen MR) is 107 cm³/mol. The van der Waals surface area contributed by atoms with Crippen LogP contribution in [0.4, 0.5) is 17.8 Å². The average Bonchev–Trinajstić information content (AvgIpc) is 3.16. The summed E-state index contributed by atoms with van der Waals surface area (Å²) in [5, 5.41) is 10.1. The molecule has 0 fully saturated rings. The lowest BCUT2D eigenvalue weighted by Crippen LogP contribution is -2.37. The number of rotatable bonds is 4. The molecule has 0 saturated carbocycles. The third kappa shape index (κ3) is 3.58. The molecule has 2 aromatic rings. The number of nitrogens with one attached hydrogen (secondary N) is 1. The molecule has 2 aliphatic heterocycles. The van der Waals surface area contributed by atoms with Crippen LogP contribution in [0.15, 0.2) is 10.3 Å². The Labute approximate surface area is 165 Å². The molecule has 2 aliphatic rings. The largest absolute Gasteiger partial charge is 0.368 e. The Hall–Kier alpha value is -2.34. The van der Waals surface area contributed by atoms with E-state index in [0.29, 0.717) is 27.5 Å². The lowest BCUT2D eigenvalue weighted by molar-refractivity contribution is 0.505. The first-order chi connectivity index (χ1) is 12.8. The van der Waals surface area contributed by atoms with Gasteiger partial charge in [-0.2, -0.15) is 30.0 Å². The highest BCUT2D eigenvalue weighted by molar-refractivity contribution is 7.98. The lowest BCUT2D eigenvalue weighted by Gasteiger charge is -2.28. The van der Waals surface area contributed by atoms with Gasteiger partial charge in [0.15, 0.2) is 5.16 Å². The molecule has 10 nitrogen and oxygen atoms in total. The van der Waals surface area contributed by atoms with Crippen molar-refractivity contribution in [1.29, 1.82) is 0 Å². The van der Waals surface area contributed by atoms with E-state index >= 15 is 0 Å². The maximum atomic E-state index is 5.91. The van der Waals surface area contributed by atoms with Crippen molar-refractivity contribution >= 4 is 47.5 Å². The molecule has 3 N–H and O–H groups in total. The van der Waals surface area contributed by atoms with Crippen molar-refractivity contribution in [2.75, 3.05) is 22.6 Å². The second kappa shape index (κ2) is 6.68. The van der Waals surface area contributed by atoms with Crippen LogP contribution in [0.2, 0.25) is 0 Å².